The lowest BCUT2D eigenvalue weighted by molar-refractivity contribution is -0.137. The third-order valence-corrected chi connectivity index (χ3v) is 2.81. The van der Waals surface area contributed by atoms with E-state index in [4.69, 9.17) is 10.4 Å². The summed E-state index contributed by atoms with van der Waals surface area (Å²) in [6.45, 7) is 1.58. The number of hydrogen-bond acceptors (Lipinski definition) is 5. The molecule has 0 radical (unpaired) electrons. The first-order chi connectivity index (χ1) is 11.4. The van der Waals surface area contributed by atoms with Crippen molar-refractivity contribution in [2.75, 3.05) is 17.2 Å². The first kappa shape index (κ1) is 18.7. The van der Waals surface area contributed by atoms with E-state index in [-0.39, 0.29) is 30.9 Å². The van der Waals surface area contributed by atoms with Crippen molar-refractivity contribution in [3.8, 4) is 6.07 Å². The van der Waals surface area contributed by atoms with E-state index < -0.39 is 11.9 Å². The number of benzene rings is 1. The second kappa shape index (κ2) is 9.63. The molecule has 0 heterocycles. The zero-order chi connectivity index (χ0) is 17.9. The van der Waals surface area contributed by atoms with Crippen molar-refractivity contribution < 1.29 is 19.5 Å². The Hall–Kier alpha value is -3.34. The summed E-state index contributed by atoms with van der Waals surface area (Å²) in [5.41, 5.74) is 1.14. The number of nitrogens with one attached hydrogen (secondary N) is 3. The van der Waals surface area contributed by atoms with Gasteiger partial charge in [-0.05, 0) is 30.7 Å². The van der Waals surface area contributed by atoms with Crippen LogP contribution in [0.25, 0.3) is 0 Å². The van der Waals surface area contributed by atoms with Crippen LogP contribution in [0.5, 0.6) is 0 Å². The largest absolute Gasteiger partial charge is 0.481 e. The second-order valence-corrected chi connectivity index (χ2v) is 4.83. The molecule has 1 rings (SSSR count). The van der Waals surface area contributed by atoms with Crippen LogP contribution in [0, 0.1) is 11.3 Å². The van der Waals surface area contributed by atoms with Gasteiger partial charge in [0.15, 0.2) is 0 Å². The lowest BCUT2D eigenvalue weighted by Gasteiger charge is -2.06. The van der Waals surface area contributed by atoms with E-state index in [9.17, 15) is 14.4 Å². The van der Waals surface area contributed by atoms with E-state index in [1.165, 1.54) is 13.1 Å². The summed E-state index contributed by atoms with van der Waals surface area (Å²) in [5, 5.41) is 25.4. The molecule has 8 heteroatoms. The Bertz CT molecular complexity index is 674. The fraction of sp³-hybridized carbons (Fsp3) is 0.250. The molecule has 0 unspecified atom stereocenters. The average Bonchev–Trinajstić information content (AvgIpc) is 2.53. The van der Waals surface area contributed by atoms with Gasteiger partial charge in [0.1, 0.15) is 11.6 Å². The summed E-state index contributed by atoms with van der Waals surface area (Å²) >= 11 is 0. The van der Waals surface area contributed by atoms with Crippen LogP contribution >= 0.6 is 0 Å². The first-order valence-corrected chi connectivity index (χ1v) is 7.17. The highest BCUT2D eigenvalue weighted by atomic mass is 16.4. The zero-order valence-corrected chi connectivity index (χ0v) is 13.1. The van der Waals surface area contributed by atoms with Crippen LogP contribution in [0.1, 0.15) is 19.8 Å². The minimum absolute atomic E-state index is 0.0508. The molecule has 8 nitrogen and oxygen atoms in total. The van der Waals surface area contributed by atoms with Crippen molar-refractivity contribution >= 4 is 29.2 Å². The van der Waals surface area contributed by atoms with Crippen molar-refractivity contribution in [1.29, 1.82) is 5.26 Å². The molecule has 0 aliphatic carbocycles. The first-order valence-electron chi connectivity index (χ1n) is 7.17. The van der Waals surface area contributed by atoms with Gasteiger partial charge in [-0.15, -0.1) is 0 Å². The SMILES string of the molecule is CC(=O)Nc1ccc(N/C=C(/C#N)C(=O)NCCCC(=O)O)cc1. The molecule has 4 N–H and O–H groups in total. The van der Waals surface area contributed by atoms with E-state index in [1.807, 2.05) is 0 Å². The van der Waals surface area contributed by atoms with Gasteiger partial charge in [0.05, 0.1) is 0 Å². The smallest absolute Gasteiger partial charge is 0.303 e. The zero-order valence-electron chi connectivity index (χ0n) is 13.1. The molecular weight excluding hydrogens is 312 g/mol. The number of carboxylic acid groups (broad SMARTS) is 1. The van der Waals surface area contributed by atoms with Crippen LogP contribution in [-0.2, 0) is 14.4 Å². The number of anilines is 2. The van der Waals surface area contributed by atoms with Crippen LogP contribution in [0.3, 0.4) is 0 Å². The van der Waals surface area contributed by atoms with Crippen LogP contribution in [0.4, 0.5) is 11.4 Å². The Morgan fingerprint density at radius 1 is 1.21 bits per heavy atom. The summed E-state index contributed by atoms with van der Waals surface area (Å²) in [5.74, 6) is -1.70. The molecule has 0 atom stereocenters. The van der Waals surface area contributed by atoms with Gasteiger partial charge in [0.2, 0.25) is 5.91 Å². The third kappa shape index (κ3) is 7.09. The topological polar surface area (TPSA) is 131 Å². The average molecular weight is 330 g/mol. The van der Waals surface area contributed by atoms with Crippen molar-refractivity contribution in [1.82, 2.24) is 5.32 Å². The van der Waals surface area contributed by atoms with Gasteiger partial charge in [-0.1, -0.05) is 0 Å². The molecule has 0 fully saturated rings. The van der Waals surface area contributed by atoms with Gasteiger partial charge < -0.3 is 21.1 Å². The summed E-state index contributed by atoms with van der Waals surface area (Å²) in [6.07, 6.45) is 1.50. The number of nitriles is 1. The van der Waals surface area contributed by atoms with Gasteiger partial charge in [-0.25, -0.2) is 0 Å². The van der Waals surface area contributed by atoms with Crippen molar-refractivity contribution in [3.63, 3.8) is 0 Å². The van der Waals surface area contributed by atoms with Crippen molar-refractivity contribution in [3.05, 3.63) is 36.0 Å². The number of hydrogen-bond donors (Lipinski definition) is 4. The van der Waals surface area contributed by atoms with E-state index in [1.54, 1.807) is 30.3 Å². The maximum absolute atomic E-state index is 11.8. The maximum atomic E-state index is 11.8. The van der Waals surface area contributed by atoms with Gasteiger partial charge >= 0.3 is 5.97 Å². The Morgan fingerprint density at radius 3 is 2.38 bits per heavy atom. The lowest BCUT2D eigenvalue weighted by atomic mass is 10.2. The molecule has 0 aliphatic rings. The van der Waals surface area contributed by atoms with Gasteiger partial charge in [-0.2, -0.15) is 5.26 Å². The molecule has 24 heavy (non-hydrogen) atoms. The lowest BCUT2D eigenvalue weighted by Crippen LogP contribution is -2.26. The van der Waals surface area contributed by atoms with Gasteiger partial charge in [-0.3, -0.25) is 14.4 Å². The maximum Gasteiger partial charge on any atom is 0.303 e. The standard InChI is InChI=1S/C16H18N4O4/c1-11(21)20-14-6-4-13(5-7-14)19-10-12(9-17)16(24)18-8-2-3-15(22)23/h4-7,10,19H,2-3,8H2,1H3,(H,18,24)(H,20,21)(H,22,23)/b12-10-. The van der Waals surface area contributed by atoms with E-state index >= 15 is 0 Å². The van der Waals surface area contributed by atoms with Crippen LogP contribution in [-0.4, -0.2) is 29.4 Å². The highest BCUT2D eigenvalue weighted by Gasteiger charge is 2.08. The predicted molar refractivity (Wildman–Crippen MR) is 87.9 cm³/mol. The number of rotatable bonds is 8. The fourth-order valence-corrected chi connectivity index (χ4v) is 1.69. The van der Waals surface area contributed by atoms with Crippen LogP contribution in [0.15, 0.2) is 36.0 Å². The molecular formula is C16H18N4O4. The third-order valence-electron chi connectivity index (χ3n) is 2.81. The Balaban J connectivity index is 2.56. The molecule has 0 aliphatic heterocycles. The molecule has 0 saturated heterocycles. The minimum Gasteiger partial charge on any atom is -0.481 e. The molecule has 0 saturated carbocycles. The summed E-state index contributed by atoms with van der Waals surface area (Å²) in [4.78, 5) is 33.1. The number of carbonyl (C=O) groups excluding carboxylic acids is 2. The number of carboxylic acids is 1. The van der Waals surface area contributed by atoms with Crippen LogP contribution in [0.2, 0.25) is 0 Å². The quantitative estimate of drug-likeness (QED) is 0.324. The molecule has 126 valence electrons. The molecule has 0 aromatic heterocycles. The molecule has 1 aromatic rings. The Labute approximate surface area is 139 Å². The number of aliphatic carboxylic acids is 1. The fourth-order valence-electron chi connectivity index (χ4n) is 1.69. The van der Waals surface area contributed by atoms with Crippen LogP contribution < -0.4 is 16.0 Å². The number of amides is 2. The number of nitrogens with zero attached hydrogens (tertiary/aromatic N) is 1. The highest BCUT2D eigenvalue weighted by molar-refractivity contribution is 5.97. The van der Waals surface area contributed by atoms with Gasteiger partial charge in [0.25, 0.3) is 5.91 Å². The molecule has 2 amide bonds. The summed E-state index contributed by atoms with van der Waals surface area (Å²) < 4.78 is 0. The van der Waals surface area contributed by atoms with Crippen molar-refractivity contribution in [2.45, 2.75) is 19.8 Å². The van der Waals surface area contributed by atoms with E-state index in [0.717, 1.165) is 0 Å². The van der Waals surface area contributed by atoms with Crippen molar-refractivity contribution in [2.24, 2.45) is 0 Å². The van der Waals surface area contributed by atoms with E-state index in [0.29, 0.717) is 11.4 Å². The summed E-state index contributed by atoms with van der Waals surface area (Å²) in [6, 6.07) is 8.49. The molecule has 0 spiro atoms. The van der Waals surface area contributed by atoms with E-state index in [2.05, 4.69) is 16.0 Å². The molecule has 0 bridgehead atoms. The summed E-state index contributed by atoms with van der Waals surface area (Å²) in [7, 11) is 0. The van der Waals surface area contributed by atoms with Gasteiger partial charge in [0, 0.05) is 37.5 Å². The Kier molecular flexibility index (Phi) is 7.51. The number of carbonyl (C=O) groups is 3. The Morgan fingerprint density at radius 2 is 1.83 bits per heavy atom. The minimum atomic E-state index is -0.940. The normalized spacial score (nSPS) is 10.4. The monoisotopic (exact) mass is 330 g/mol. The highest BCUT2D eigenvalue weighted by Crippen LogP contribution is 2.13. The second-order valence-electron chi connectivity index (χ2n) is 4.83. The molecule has 1 aromatic carbocycles. The predicted octanol–water partition coefficient (Wildman–Crippen LogP) is 1.45.